The molecular weight excluding hydrogens is 296 g/mol. The Kier molecular flexibility index (Phi) is 4.05. The smallest absolute Gasteiger partial charge is 0.305 e. The van der Waals surface area contributed by atoms with Crippen molar-refractivity contribution in [2.24, 2.45) is 0 Å². The molecule has 1 fully saturated rings. The van der Waals surface area contributed by atoms with Crippen molar-refractivity contribution >= 4 is 32.2 Å². The van der Waals surface area contributed by atoms with Crippen molar-refractivity contribution in [3.63, 3.8) is 0 Å². The molecule has 0 amide bonds. The lowest BCUT2D eigenvalue weighted by molar-refractivity contribution is 0.522. The molecular formula is C9H14N2O4S3. The maximum atomic E-state index is 12.1. The largest absolute Gasteiger partial charge is 0.315 e. The van der Waals surface area contributed by atoms with E-state index in [2.05, 4.69) is 9.71 Å². The van der Waals surface area contributed by atoms with Crippen LogP contribution >= 0.6 is 11.3 Å². The van der Waals surface area contributed by atoms with Gasteiger partial charge in [-0.15, -0.1) is 0 Å². The maximum Gasteiger partial charge on any atom is 0.305 e. The van der Waals surface area contributed by atoms with Gasteiger partial charge in [0, 0.05) is 34.0 Å². The average Bonchev–Trinajstić information content (AvgIpc) is 2.62. The van der Waals surface area contributed by atoms with Crippen molar-refractivity contribution in [2.75, 3.05) is 11.5 Å². The first kappa shape index (κ1) is 13.9. The SMILES string of the molecule is Cc1[nH]c(=O)sc1S(=O)(=O)NC1CCS(=O)CC1. The standard InChI is InChI=1S/C9H14N2O4S3/c1-6-8(16-9(12)10-6)18(14,15)11-7-2-4-17(13)5-3-7/h7,11H,2-5H2,1H3,(H,10,12). The van der Waals surface area contributed by atoms with Crippen molar-refractivity contribution in [3.8, 4) is 0 Å². The Morgan fingerprint density at radius 2 is 2.00 bits per heavy atom. The fraction of sp³-hybridized carbons (Fsp3) is 0.667. The van der Waals surface area contributed by atoms with Gasteiger partial charge in [-0.3, -0.25) is 9.00 Å². The highest BCUT2D eigenvalue weighted by molar-refractivity contribution is 7.91. The van der Waals surface area contributed by atoms with Gasteiger partial charge in [-0.25, -0.2) is 13.1 Å². The number of thiazole rings is 1. The fourth-order valence-corrected chi connectivity index (χ4v) is 5.75. The average molecular weight is 310 g/mol. The second kappa shape index (κ2) is 5.24. The predicted molar refractivity (Wildman–Crippen MR) is 70.9 cm³/mol. The summed E-state index contributed by atoms with van der Waals surface area (Å²) in [5.74, 6) is 1.05. The van der Waals surface area contributed by atoms with Crippen LogP contribution in [-0.2, 0) is 20.8 Å². The van der Waals surface area contributed by atoms with E-state index >= 15 is 0 Å². The minimum absolute atomic E-state index is 0.0409. The number of aryl methyl sites for hydroxylation is 1. The number of rotatable bonds is 3. The summed E-state index contributed by atoms with van der Waals surface area (Å²) in [4.78, 5) is 13.2. The summed E-state index contributed by atoms with van der Waals surface area (Å²) in [7, 11) is -4.47. The first-order valence-corrected chi connectivity index (χ1v) is 9.24. The van der Waals surface area contributed by atoms with Gasteiger partial charge in [0.15, 0.2) is 4.21 Å². The monoisotopic (exact) mass is 310 g/mol. The Hall–Kier alpha value is -0.510. The minimum atomic E-state index is -3.65. The summed E-state index contributed by atoms with van der Waals surface area (Å²) in [6, 6.07) is -0.190. The molecule has 1 aliphatic heterocycles. The van der Waals surface area contributed by atoms with E-state index in [9.17, 15) is 17.4 Å². The number of sulfonamides is 1. The molecule has 2 heterocycles. The molecule has 0 bridgehead atoms. The third-order valence-electron chi connectivity index (χ3n) is 2.74. The molecule has 0 radical (unpaired) electrons. The van der Waals surface area contributed by atoms with Crippen molar-refractivity contribution in [1.29, 1.82) is 0 Å². The highest BCUT2D eigenvalue weighted by Crippen LogP contribution is 2.18. The number of hydrogen-bond acceptors (Lipinski definition) is 5. The van der Waals surface area contributed by atoms with Gasteiger partial charge in [0.1, 0.15) is 0 Å². The van der Waals surface area contributed by atoms with E-state index in [1.165, 1.54) is 0 Å². The molecule has 0 aliphatic carbocycles. The molecule has 1 aromatic rings. The summed E-state index contributed by atoms with van der Waals surface area (Å²) in [5.41, 5.74) is 0.358. The van der Waals surface area contributed by atoms with E-state index in [0.29, 0.717) is 41.4 Å². The van der Waals surface area contributed by atoms with Crippen molar-refractivity contribution < 1.29 is 12.6 Å². The van der Waals surface area contributed by atoms with Crippen LogP contribution in [0.1, 0.15) is 18.5 Å². The van der Waals surface area contributed by atoms with Gasteiger partial charge in [-0.2, -0.15) is 0 Å². The Morgan fingerprint density at radius 1 is 1.39 bits per heavy atom. The molecule has 0 unspecified atom stereocenters. The highest BCUT2D eigenvalue weighted by Gasteiger charge is 2.26. The zero-order valence-electron chi connectivity index (χ0n) is 9.76. The molecule has 2 rings (SSSR count). The van der Waals surface area contributed by atoms with E-state index in [1.54, 1.807) is 6.92 Å². The summed E-state index contributed by atoms with van der Waals surface area (Å²) in [6.45, 7) is 1.56. The van der Waals surface area contributed by atoms with Crippen LogP contribution in [0.2, 0.25) is 0 Å². The number of nitrogens with one attached hydrogen (secondary N) is 2. The summed E-state index contributed by atoms with van der Waals surface area (Å²) < 4.78 is 38.0. The summed E-state index contributed by atoms with van der Waals surface area (Å²) in [6.07, 6.45) is 1.15. The van der Waals surface area contributed by atoms with Crippen LogP contribution in [0.15, 0.2) is 9.00 Å². The van der Waals surface area contributed by atoms with Crippen molar-refractivity contribution in [1.82, 2.24) is 9.71 Å². The van der Waals surface area contributed by atoms with Gasteiger partial charge < -0.3 is 4.98 Å². The van der Waals surface area contributed by atoms with E-state index in [1.807, 2.05) is 0 Å². The van der Waals surface area contributed by atoms with E-state index in [-0.39, 0.29) is 15.1 Å². The van der Waals surface area contributed by atoms with E-state index in [0.717, 1.165) is 0 Å². The third-order valence-corrected chi connectivity index (χ3v) is 7.24. The van der Waals surface area contributed by atoms with Crippen LogP contribution in [0, 0.1) is 6.92 Å². The van der Waals surface area contributed by atoms with Gasteiger partial charge in [0.25, 0.3) is 10.0 Å². The van der Waals surface area contributed by atoms with Crippen molar-refractivity contribution in [2.45, 2.75) is 30.0 Å². The van der Waals surface area contributed by atoms with Crippen LogP contribution in [0.4, 0.5) is 0 Å². The van der Waals surface area contributed by atoms with Gasteiger partial charge in [-0.05, 0) is 19.8 Å². The summed E-state index contributed by atoms with van der Waals surface area (Å²) in [5, 5.41) is 0. The topological polar surface area (TPSA) is 96.1 Å². The molecule has 1 aliphatic rings. The Balaban J connectivity index is 2.15. The second-order valence-corrected chi connectivity index (χ2v) is 8.76. The molecule has 0 aromatic carbocycles. The zero-order valence-corrected chi connectivity index (χ0v) is 12.2. The number of H-pyrrole nitrogens is 1. The number of aromatic amines is 1. The quantitative estimate of drug-likeness (QED) is 0.817. The first-order chi connectivity index (χ1) is 8.38. The third kappa shape index (κ3) is 3.08. The molecule has 0 saturated carbocycles. The van der Waals surface area contributed by atoms with Crippen LogP contribution in [0.25, 0.3) is 0 Å². The van der Waals surface area contributed by atoms with Gasteiger partial charge in [0.05, 0.1) is 0 Å². The first-order valence-electron chi connectivity index (χ1n) is 5.45. The van der Waals surface area contributed by atoms with Crippen molar-refractivity contribution in [3.05, 3.63) is 15.4 Å². The second-order valence-electron chi connectivity index (χ2n) is 4.17. The molecule has 9 heteroatoms. The van der Waals surface area contributed by atoms with Gasteiger partial charge in [0.2, 0.25) is 0 Å². The van der Waals surface area contributed by atoms with Crippen LogP contribution in [0.3, 0.4) is 0 Å². The maximum absolute atomic E-state index is 12.1. The summed E-state index contributed by atoms with van der Waals surface area (Å²) >= 11 is 0.689. The predicted octanol–water partition coefficient (Wildman–Crippen LogP) is -0.0658. The molecule has 0 spiro atoms. The molecule has 18 heavy (non-hydrogen) atoms. The van der Waals surface area contributed by atoms with Crippen LogP contribution in [0.5, 0.6) is 0 Å². The lowest BCUT2D eigenvalue weighted by Crippen LogP contribution is -2.39. The number of aromatic nitrogens is 1. The van der Waals surface area contributed by atoms with E-state index in [4.69, 9.17) is 0 Å². The molecule has 6 nitrogen and oxygen atoms in total. The Labute approximate surface area is 111 Å². The van der Waals surface area contributed by atoms with E-state index < -0.39 is 20.8 Å². The molecule has 1 aromatic heterocycles. The van der Waals surface area contributed by atoms with Gasteiger partial charge in [-0.1, -0.05) is 11.3 Å². The zero-order chi connectivity index (χ0) is 13.3. The lowest BCUT2D eigenvalue weighted by atomic mass is 10.2. The normalized spacial score (nSPS) is 25.2. The molecule has 102 valence electrons. The van der Waals surface area contributed by atoms with Gasteiger partial charge >= 0.3 is 4.87 Å². The van der Waals surface area contributed by atoms with Crippen LogP contribution in [-0.4, -0.2) is 35.2 Å². The Morgan fingerprint density at radius 3 is 2.50 bits per heavy atom. The molecule has 1 saturated heterocycles. The molecule has 2 N–H and O–H groups in total. The molecule has 0 atom stereocenters. The minimum Gasteiger partial charge on any atom is -0.315 e. The number of hydrogen-bond donors (Lipinski definition) is 2. The fourth-order valence-electron chi connectivity index (χ4n) is 1.83. The highest BCUT2D eigenvalue weighted by atomic mass is 32.2. The Bertz CT molecular complexity index is 606. The van der Waals surface area contributed by atoms with Crippen LogP contribution < -0.4 is 9.60 Å². The lowest BCUT2D eigenvalue weighted by Gasteiger charge is -2.21.